The molecule has 0 aliphatic carbocycles. The molecule has 0 spiro atoms. The predicted octanol–water partition coefficient (Wildman–Crippen LogP) is 1.90. The lowest BCUT2D eigenvalue weighted by atomic mass is 10.2. The molecule has 1 aliphatic heterocycles. The molecular formula is C19H24N6S2+2. The third kappa shape index (κ3) is 4.35. The quantitative estimate of drug-likeness (QED) is 0.643. The van der Waals surface area contributed by atoms with Gasteiger partial charge in [0.15, 0.2) is 23.0 Å². The molecule has 1 fully saturated rings. The van der Waals surface area contributed by atoms with Crippen LogP contribution >= 0.6 is 23.6 Å². The fourth-order valence-electron chi connectivity index (χ4n) is 3.33. The molecule has 6 nitrogen and oxygen atoms in total. The Labute approximate surface area is 168 Å². The Kier molecular flexibility index (Phi) is 5.47. The van der Waals surface area contributed by atoms with Crippen LogP contribution in [-0.4, -0.2) is 36.0 Å². The molecule has 0 bridgehead atoms. The van der Waals surface area contributed by atoms with Crippen molar-refractivity contribution in [2.24, 2.45) is 0 Å². The number of pyridine rings is 1. The SMILES string of the molecule is Cc1ccccc1Nc1nn(C[NH+]2CCN(c3cc[nH+]cc3)CC2)c(=S)s1. The summed E-state index contributed by atoms with van der Waals surface area (Å²) in [6.45, 7) is 7.17. The van der Waals surface area contributed by atoms with E-state index in [9.17, 15) is 0 Å². The van der Waals surface area contributed by atoms with Crippen molar-refractivity contribution in [3.05, 3.63) is 58.3 Å². The van der Waals surface area contributed by atoms with Gasteiger partial charge >= 0.3 is 0 Å². The molecule has 8 heteroatoms. The monoisotopic (exact) mass is 400 g/mol. The van der Waals surface area contributed by atoms with Gasteiger partial charge in [-0.3, -0.25) is 0 Å². The standard InChI is InChI=1S/C19H22N6S2/c1-15-4-2-3-5-17(15)21-18-22-25(19(26)27-18)14-23-10-12-24(13-11-23)16-6-8-20-9-7-16/h2-9H,10-14H2,1H3,(H,21,22)/p+2. The van der Waals surface area contributed by atoms with E-state index in [1.807, 2.05) is 29.2 Å². The molecule has 1 aromatic carbocycles. The molecule has 3 heterocycles. The van der Waals surface area contributed by atoms with Crippen LogP contribution in [0.1, 0.15) is 5.56 Å². The number of nitrogens with one attached hydrogen (secondary N) is 3. The maximum absolute atomic E-state index is 5.54. The Morgan fingerprint density at radius 2 is 1.93 bits per heavy atom. The fourth-order valence-corrected chi connectivity index (χ4v) is 4.34. The van der Waals surface area contributed by atoms with Gasteiger partial charge in [-0.15, -0.1) is 5.10 Å². The second kappa shape index (κ2) is 8.16. The van der Waals surface area contributed by atoms with Gasteiger partial charge in [0.05, 0.1) is 26.2 Å². The number of quaternary nitrogens is 1. The highest BCUT2D eigenvalue weighted by molar-refractivity contribution is 7.73. The van der Waals surface area contributed by atoms with Crippen molar-refractivity contribution in [2.75, 3.05) is 36.4 Å². The topological polar surface area (TPSA) is 51.7 Å². The summed E-state index contributed by atoms with van der Waals surface area (Å²) in [4.78, 5) is 7.03. The van der Waals surface area contributed by atoms with Crippen LogP contribution in [0.2, 0.25) is 0 Å². The molecule has 0 radical (unpaired) electrons. The van der Waals surface area contributed by atoms with Crippen molar-refractivity contribution in [3.8, 4) is 0 Å². The van der Waals surface area contributed by atoms with Crippen LogP contribution in [-0.2, 0) is 6.67 Å². The highest BCUT2D eigenvalue weighted by atomic mass is 32.1. The number of piperazine rings is 1. The number of H-pyrrole nitrogens is 1. The molecule has 0 saturated carbocycles. The molecule has 0 unspecified atom stereocenters. The Bertz CT molecular complexity index is 944. The molecule has 0 amide bonds. The second-order valence-corrected chi connectivity index (χ2v) is 8.39. The zero-order chi connectivity index (χ0) is 18.6. The Morgan fingerprint density at radius 3 is 2.67 bits per heavy atom. The summed E-state index contributed by atoms with van der Waals surface area (Å²) >= 11 is 7.07. The van der Waals surface area contributed by atoms with Crippen molar-refractivity contribution < 1.29 is 9.88 Å². The van der Waals surface area contributed by atoms with E-state index in [4.69, 9.17) is 17.3 Å². The summed E-state index contributed by atoms with van der Waals surface area (Å²) in [5, 5.41) is 8.95. The van der Waals surface area contributed by atoms with E-state index in [1.165, 1.54) is 27.5 Å². The highest BCUT2D eigenvalue weighted by Crippen LogP contribution is 2.22. The minimum Gasteiger partial charge on any atom is -0.360 e. The van der Waals surface area contributed by atoms with Gasteiger partial charge in [-0.2, -0.15) is 4.68 Å². The lowest BCUT2D eigenvalue weighted by Crippen LogP contribution is -3.14. The van der Waals surface area contributed by atoms with E-state index in [1.54, 1.807) is 0 Å². The first-order valence-electron chi connectivity index (χ1n) is 9.14. The molecule has 27 heavy (non-hydrogen) atoms. The summed E-state index contributed by atoms with van der Waals surface area (Å²) in [5.74, 6) is 0. The van der Waals surface area contributed by atoms with E-state index < -0.39 is 0 Å². The minimum absolute atomic E-state index is 0.819. The van der Waals surface area contributed by atoms with Crippen molar-refractivity contribution in [3.63, 3.8) is 0 Å². The van der Waals surface area contributed by atoms with Gasteiger partial charge in [0.25, 0.3) is 0 Å². The number of hydrogen-bond acceptors (Lipinski definition) is 5. The molecule has 4 rings (SSSR count). The van der Waals surface area contributed by atoms with Crippen LogP contribution in [0.3, 0.4) is 0 Å². The third-order valence-electron chi connectivity index (χ3n) is 4.90. The normalized spacial score (nSPS) is 15.1. The van der Waals surface area contributed by atoms with E-state index >= 15 is 0 Å². The number of aromatic nitrogens is 3. The first-order chi connectivity index (χ1) is 13.2. The molecule has 3 aromatic rings. The maximum atomic E-state index is 5.54. The highest BCUT2D eigenvalue weighted by Gasteiger charge is 2.21. The van der Waals surface area contributed by atoms with Crippen molar-refractivity contribution in [1.82, 2.24) is 9.78 Å². The van der Waals surface area contributed by atoms with E-state index in [0.29, 0.717) is 0 Å². The van der Waals surface area contributed by atoms with E-state index in [-0.39, 0.29) is 0 Å². The first kappa shape index (κ1) is 18.1. The van der Waals surface area contributed by atoms with Crippen molar-refractivity contribution >= 4 is 40.1 Å². The van der Waals surface area contributed by atoms with Gasteiger partial charge in [-0.05, 0) is 30.8 Å². The minimum atomic E-state index is 0.819. The van der Waals surface area contributed by atoms with Crippen molar-refractivity contribution in [2.45, 2.75) is 13.6 Å². The summed E-state index contributed by atoms with van der Waals surface area (Å²) in [7, 11) is 0. The third-order valence-corrected chi connectivity index (χ3v) is 6.13. The maximum Gasteiger partial charge on any atom is 0.209 e. The molecule has 140 valence electrons. The lowest BCUT2D eigenvalue weighted by molar-refractivity contribution is -0.924. The number of rotatable bonds is 5. The smallest absolute Gasteiger partial charge is 0.209 e. The number of nitrogens with zero attached hydrogens (tertiary/aromatic N) is 3. The van der Waals surface area contributed by atoms with Crippen LogP contribution in [0.4, 0.5) is 16.5 Å². The number of aromatic amines is 1. The summed E-state index contributed by atoms with van der Waals surface area (Å²) < 4.78 is 2.78. The molecule has 1 saturated heterocycles. The first-order valence-corrected chi connectivity index (χ1v) is 10.4. The molecule has 1 aliphatic rings. The van der Waals surface area contributed by atoms with Crippen LogP contribution < -0.4 is 20.1 Å². The van der Waals surface area contributed by atoms with E-state index in [0.717, 1.165) is 47.6 Å². The van der Waals surface area contributed by atoms with Gasteiger partial charge < -0.3 is 15.1 Å². The Balaban J connectivity index is 1.37. The van der Waals surface area contributed by atoms with Gasteiger partial charge in [0.1, 0.15) is 0 Å². The van der Waals surface area contributed by atoms with Crippen LogP contribution in [0.25, 0.3) is 0 Å². The summed E-state index contributed by atoms with van der Waals surface area (Å²) in [6, 6.07) is 12.5. The van der Waals surface area contributed by atoms with Gasteiger partial charge in [-0.25, -0.2) is 4.98 Å². The molecular weight excluding hydrogens is 376 g/mol. The predicted molar refractivity (Wildman–Crippen MR) is 111 cm³/mol. The fraction of sp³-hybridized carbons (Fsp3) is 0.316. The van der Waals surface area contributed by atoms with Gasteiger partial charge in [-0.1, -0.05) is 29.5 Å². The van der Waals surface area contributed by atoms with Crippen molar-refractivity contribution in [1.29, 1.82) is 0 Å². The zero-order valence-corrected chi connectivity index (χ0v) is 16.9. The molecule has 3 N–H and O–H groups in total. The number of aryl methyl sites for hydroxylation is 1. The van der Waals surface area contributed by atoms with Gasteiger partial charge in [0, 0.05) is 23.5 Å². The number of anilines is 3. The average molecular weight is 401 g/mol. The second-order valence-electron chi connectivity index (χ2n) is 6.77. The number of hydrogen-bond donors (Lipinski definition) is 2. The Hall–Kier alpha value is -2.29. The van der Waals surface area contributed by atoms with Crippen LogP contribution in [0, 0.1) is 10.9 Å². The van der Waals surface area contributed by atoms with Crippen LogP contribution in [0.15, 0.2) is 48.8 Å². The summed E-state index contributed by atoms with van der Waals surface area (Å²) in [5.41, 5.74) is 3.56. The van der Waals surface area contributed by atoms with Gasteiger partial charge in [0.2, 0.25) is 5.13 Å². The molecule has 0 atom stereocenters. The Morgan fingerprint density at radius 1 is 1.19 bits per heavy atom. The number of para-hydroxylation sites is 1. The lowest BCUT2D eigenvalue weighted by Gasteiger charge is -2.33. The van der Waals surface area contributed by atoms with E-state index in [2.05, 4.69) is 46.4 Å². The molecule has 2 aromatic heterocycles. The average Bonchev–Trinajstić information content (AvgIpc) is 3.04. The largest absolute Gasteiger partial charge is 0.360 e. The summed E-state index contributed by atoms with van der Waals surface area (Å²) in [6.07, 6.45) is 3.96. The number of benzene rings is 1. The zero-order valence-electron chi connectivity index (χ0n) is 15.3. The van der Waals surface area contributed by atoms with Crippen LogP contribution in [0.5, 0.6) is 0 Å².